The van der Waals surface area contributed by atoms with E-state index in [-0.39, 0.29) is 37.5 Å². The lowest BCUT2D eigenvalue weighted by atomic mass is 10.1. The molecule has 368 valence electrons. The number of rotatable bonds is 46. The summed E-state index contributed by atoms with van der Waals surface area (Å²) in [4.78, 5) is 38.0. The zero-order chi connectivity index (χ0) is 47.2. The predicted molar refractivity (Wildman–Crippen MR) is 279 cm³/mol. The summed E-state index contributed by atoms with van der Waals surface area (Å²) in [7, 11) is 0. The van der Waals surface area contributed by atoms with E-state index in [1.54, 1.807) is 0 Å². The van der Waals surface area contributed by atoms with E-state index >= 15 is 0 Å². The summed E-state index contributed by atoms with van der Waals surface area (Å²) in [5.74, 6) is -1.01. The molecular weight excluding hydrogens is 805 g/mol. The molecule has 0 rings (SSSR count). The molecule has 0 spiro atoms. The molecule has 0 aromatic carbocycles. The monoisotopic (exact) mass is 901 g/mol. The molecule has 0 fully saturated rings. The molecule has 0 radical (unpaired) electrons. The normalized spacial score (nSPS) is 13.0. The molecule has 0 aliphatic rings. The molecule has 1 atom stereocenters. The van der Waals surface area contributed by atoms with Crippen LogP contribution in [-0.2, 0) is 28.6 Å². The highest BCUT2D eigenvalue weighted by Crippen LogP contribution is 2.13. The second-order valence-corrected chi connectivity index (χ2v) is 17.0. The minimum atomic E-state index is -0.821. The van der Waals surface area contributed by atoms with Crippen LogP contribution in [0.4, 0.5) is 0 Å². The molecular formula is C59H96O6. The van der Waals surface area contributed by atoms with Gasteiger partial charge in [0.1, 0.15) is 13.2 Å². The van der Waals surface area contributed by atoms with Crippen molar-refractivity contribution in [1.82, 2.24) is 0 Å². The molecule has 0 heterocycles. The van der Waals surface area contributed by atoms with Crippen molar-refractivity contribution in [1.29, 1.82) is 0 Å². The van der Waals surface area contributed by atoms with Crippen molar-refractivity contribution in [2.24, 2.45) is 0 Å². The number of hydrogen-bond donors (Lipinski definition) is 0. The van der Waals surface area contributed by atoms with Crippen molar-refractivity contribution >= 4 is 17.9 Å². The number of carbonyl (C=O) groups is 3. The summed E-state index contributed by atoms with van der Waals surface area (Å²) in [5, 5.41) is 0. The van der Waals surface area contributed by atoms with E-state index in [0.29, 0.717) is 19.3 Å². The Morgan fingerprint density at radius 1 is 0.338 bits per heavy atom. The van der Waals surface area contributed by atoms with Crippen LogP contribution in [0.1, 0.15) is 226 Å². The first kappa shape index (κ1) is 61.1. The summed E-state index contributed by atoms with van der Waals surface area (Å²) in [6.45, 7) is 6.32. The summed E-state index contributed by atoms with van der Waals surface area (Å²) in [6, 6.07) is 0. The van der Waals surface area contributed by atoms with Crippen LogP contribution in [0.3, 0.4) is 0 Å². The van der Waals surface area contributed by atoms with E-state index in [4.69, 9.17) is 14.2 Å². The average Bonchev–Trinajstić information content (AvgIpc) is 3.30. The molecule has 65 heavy (non-hydrogen) atoms. The Balaban J connectivity index is 4.52. The van der Waals surface area contributed by atoms with Crippen molar-refractivity contribution in [3.8, 4) is 0 Å². The van der Waals surface area contributed by atoms with Gasteiger partial charge in [-0.2, -0.15) is 0 Å². The van der Waals surface area contributed by atoms with Gasteiger partial charge in [0, 0.05) is 19.3 Å². The first-order valence-corrected chi connectivity index (χ1v) is 26.4. The molecule has 0 aromatic rings. The van der Waals surface area contributed by atoms with Crippen molar-refractivity contribution in [2.45, 2.75) is 232 Å². The second-order valence-electron chi connectivity index (χ2n) is 17.0. The summed E-state index contributed by atoms with van der Waals surface area (Å²) in [6.07, 6.45) is 70.8. The van der Waals surface area contributed by atoms with Crippen LogP contribution in [0.15, 0.2) is 109 Å². The van der Waals surface area contributed by atoms with E-state index in [9.17, 15) is 14.4 Å². The zero-order valence-electron chi connectivity index (χ0n) is 42.0. The zero-order valence-corrected chi connectivity index (χ0v) is 42.0. The fourth-order valence-electron chi connectivity index (χ4n) is 6.86. The van der Waals surface area contributed by atoms with Gasteiger partial charge in [-0.1, -0.05) is 207 Å². The third-order valence-electron chi connectivity index (χ3n) is 10.8. The number of hydrogen-bond acceptors (Lipinski definition) is 6. The Kier molecular flexibility index (Phi) is 49.5. The molecule has 0 bridgehead atoms. The van der Waals surface area contributed by atoms with Crippen LogP contribution in [0.25, 0.3) is 0 Å². The molecule has 0 saturated heterocycles. The van der Waals surface area contributed by atoms with E-state index in [1.807, 2.05) is 0 Å². The lowest BCUT2D eigenvalue weighted by Crippen LogP contribution is -2.30. The predicted octanol–water partition coefficient (Wildman–Crippen LogP) is 17.5. The third-order valence-corrected chi connectivity index (χ3v) is 10.8. The first-order chi connectivity index (χ1) is 32.0. The highest BCUT2D eigenvalue weighted by molar-refractivity contribution is 5.71. The van der Waals surface area contributed by atoms with E-state index in [2.05, 4.69) is 130 Å². The topological polar surface area (TPSA) is 78.9 Å². The van der Waals surface area contributed by atoms with Gasteiger partial charge in [0.2, 0.25) is 0 Å². The van der Waals surface area contributed by atoms with Gasteiger partial charge in [-0.05, 0) is 109 Å². The number of ether oxygens (including phenoxy) is 3. The summed E-state index contributed by atoms with van der Waals surface area (Å²) in [5.41, 5.74) is 0. The quantitative estimate of drug-likeness (QED) is 0.0199. The maximum absolute atomic E-state index is 12.8. The Labute approximate surface area is 400 Å². The van der Waals surface area contributed by atoms with Crippen LogP contribution in [0.5, 0.6) is 0 Å². The van der Waals surface area contributed by atoms with Crippen LogP contribution in [-0.4, -0.2) is 37.2 Å². The molecule has 0 amide bonds. The first-order valence-electron chi connectivity index (χ1n) is 26.4. The number of carbonyl (C=O) groups excluding carboxylic acids is 3. The molecule has 6 nitrogen and oxygen atoms in total. The van der Waals surface area contributed by atoms with Gasteiger partial charge in [0.15, 0.2) is 6.10 Å². The number of unbranched alkanes of at least 4 members (excludes halogenated alkanes) is 18. The van der Waals surface area contributed by atoms with Crippen LogP contribution >= 0.6 is 0 Å². The summed E-state index contributed by atoms with van der Waals surface area (Å²) >= 11 is 0. The Bertz CT molecular complexity index is 1360. The largest absolute Gasteiger partial charge is 0.462 e. The third kappa shape index (κ3) is 50.9. The lowest BCUT2D eigenvalue weighted by molar-refractivity contribution is -0.167. The maximum Gasteiger partial charge on any atom is 0.306 e. The lowest BCUT2D eigenvalue weighted by Gasteiger charge is -2.18. The van der Waals surface area contributed by atoms with Crippen molar-refractivity contribution in [3.63, 3.8) is 0 Å². The van der Waals surface area contributed by atoms with Crippen LogP contribution in [0.2, 0.25) is 0 Å². The Hall–Kier alpha value is -3.93. The minimum absolute atomic E-state index is 0.115. The van der Waals surface area contributed by atoms with E-state index < -0.39 is 6.10 Å². The highest BCUT2D eigenvalue weighted by Gasteiger charge is 2.19. The number of allylic oxidation sites excluding steroid dienone is 18. The van der Waals surface area contributed by atoms with Gasteiger partial charge in [-0.15, -0.1) is 0 Å². The fourth-order valence-corrected chi connectivity index (χ4v) is 6.86. The average molecular weight is 901 g/mol. The molecule has 1 unspecified atom stereocenters. The van der Waals surface area contributed by atoms with Crippen molar-refractivity contribution < 1.29 is 28.6 Å². The standard InChI is InChI=1S/C59H96O6/c1-4-7-10-13-16-19-22-25-27-29-31-32-34-37-40-43-46-49-52-58(61)64-55-56(54-63-57(60)51-48-45-42-39-36-24-21-18-15-12-9-6-3)65-59(62)53-50-47-44-41-38-35-33-30-28-26-23-20-17-14-11-8-5-2/h8-9,11-12,17-18,20-21,26-29,31-33,35,41,44,56H,4-7,10,13-16,19,22-25,30,34,36-40,42-43,45-55H2,1-3H3/b11-8-,12-9-,20-17-,21-18-,28-26-,29-27-,32-31-,35-33-,44-41-. The number of esters is 3. The van der Waals surface area contributed by atoms with Crippen molar-refractivity contribution in [3.05, 3.63) is 109 Å². The van der Waals surface area contributed by atoms with Gasteiger partial charge in [0.25, 0.3) is 0 Å². The Morgan fingerprint density at radius 2 is 0.662 bits per heavy atom. The van der Waals surface area contributed by atoms with Crippen LogP contribution in [0, 0.1) is 0 Å². The minimum Gasteiger partial charge on any atom is -0.462 e. The highest BCUT2D eigenvalue weighted by atomic mass is 16.6. The van der Waals surface area contributed by atoms with Gasteiger partial charge in [0.05, 0.1) is 0 Å². The molecule has 0 aromatic heterocycles. The maximum atomic E-state index is 12.8. The molecule has 0 aliphatic carbocycles. The molecule has 6 heteroatoms. The molecule has 0 aliphatic heterocycles. The van der Waals surface area contributed by atoms with Gasteiger partial charge in [-0.25, -0.2) is 0 Å². The summed E-state index contributed by atoms with van der Waals surface area (Å²) < 4.78 is 16.7. The van der Waals surface area contributed by atoms with Gasteiger partial charge < -0.3 is 14.2 Å². The Morgan fingerprint density at radius 3 is 1.08 bits per heavy atom. The van der Waals surface area contributed by atoms with Gasteiger partial charge in [-0.3, -0.25) is 14.4 Å². The van der Waals surface area contributed by atoms with Crippen LogP contribution < -0.4 is 0 Å². The fraction of sp³-hybridized carbons (Fsp3) is 0.644. The van der Waals surface area contributed by atoms with E-state index in [1.165, 1.54) is 51.4 Å². The smallest absolute Gasteiger partial charge is 0.306 e. The van der Waals surface area contributed by atoms with Crippen molar-refractivity contribution in [2.75, 3.05) is 13.2 Å². The second kappa shape index (κ2) is 52.7. The molecule has 0 saturated carbocycles. The van der Waals surface area contributed by atoms with E-state index in [0.717, 1.165) is 128 Å². The SMILES string of the molecule is CC/C=C\C/C=C\C/C=C\C/C=C\C/C=C\CCCC(=O)OC(COC(=O)CCCCCCC/C=C\C=C/CCCCCCCCC)COC(=O)CCCCCCC/C=C\C/C=C\CC. The van der Waals surface area contributed by atoms with Gasteiger partial charge >= 0.3 is 17.9 Å². The molecule has 0 N–H and O–H groups in total.